The van der Waals surface area contributed by atoms with E-state index in [1.54, 1.807) is 0 Å². The molecule has 3 aromatic carbocycles. The van der Waals surface area contributed by atoms with Gasteiger partial charge < -0.3 is 11.5 Å². The summed E-state index contributed by atoms with van der Waals surface area (Å²) < 4.78 is 0. The van der Waals surface area contributed by atoms with Gasteiger partial charge in [-0.3, -0.25) is 0 Å². The molecule has 0 radical (unpaired) electrons. The van der Waals surface area contributed by atoms with Crippen molar-refractivity contribution in [2.75, 3.05) is 11.5 Å². The average molecular weight is 308 g/mol. The molecule has 0 aliphatic carbocycles. The third kappa shape index (κ3) is 3.97. The van der Waals surface area contributed by atoms with Crippen LogP contribution in [0.4, 0.5) is 11.4 Å². The van der Waals surface area contributed by atoms with Crippen LogP contribution in [0.5, 0.6) is 0 Å². The van der Waals surface area contributed by atoms with Crippen molar-refractivity contribution in [3.05, 3.63) is 95.1 Å². The molecule has 2 heteroatoms. The summed E-state index contributed by atoms with van der Waals surface area (Å²) in [4.78, 5) is 0. The summed E-state index contributed by atoms with van der Waals surface area (Å²) in [5.41, 5.74) is 16.5. The summed E-state index contributed by atoms with van der Waals surface area (Å²) in [6.07, 6.45) is 0. The highest BCUT2D eigenvalue weighted by Crippen LogP contribution is 2.09. The second-order valence-corrected chi connectivity index (χ2v) is 5.29. The van der Waals surface area contributed by atoms with E-state index >= 15 is 0 Å². The normalized spacial score (nSPS) is 9.33. The minimum atomic E-state index is 0.732. The summed E-state index contributed by atoms with van der Waals surface area (Å²) in [5.74, 6) is 12.7. The summed E-state index contributed by atoms with van der Waals surface area (Å²) >= 11 is 0. The van der Waals surface area contributed by atoms with Gasteiger partial charge in [0.1, 0.15) is 0 Å². The molecule has 4 N–H and O–H groups in total. The van der Waals surface area contributed by atoms with E-state index < -0.39 is 0 Å². The highest BCUT2D eigenvalue weighted by Gasteiger charge is 1.95. The monoisotopic (exact) mass is 308 g/mol. The van der Waals surface area contributed by atoms with Crippen LogP contribution in [0.15, 0.2) is 72.8 Å². The summed E-state index contributed by atoms with van der Waals surface area (Å²) in [6.45, 7) is 0. The quantitative estimate of drug-likeness (QED) is 0.492. The molecule has 3 aromatic rings. The van der Waals surface area contributed by atoms with Gasteiger partial charge in [0.05, 0.1) is 0 Å². The first kappa shape index (κ1) is 15.3. The van der Waals surface area contributed by atoms with Crippen LogP contribution in [0.3, 0.4) is 0 Å². The molecule has 0 atom stereocenters. The molecule has 0 saturated carbocycles. The highest BCUT2D eigenvalue weighted by molar-refractivity contribution is 5.55. The number of hydrogen-bond donors (Lipinski definition) is 2. The van der Waals surface area contributed by atoms with Crippen molar-refractivity contribution in [2.45, 2.75) is 0 Å². The number of nitrogens with two attached hydrogens (primary N) is 2. The Morgan fingerprint density at radius 1 is 0.458 bits per heavy atom. The molecule has 114 valence electrons. The summed E-state index contributed by atoms with van der Waals surface area (Å²) in [5, 5.41) is 0. The smallest absolute Gasteiger partial charge is 0.0405 e. The van der Waals surface area contributed by atoms with Crippen LogP contribution in [0.2, 0.25) is 0 Å². The molecule has 3 rings (SSSR count). The Hall–Kier alpha value is -3.62. The second kappa shape index (κ2) is 7.09. The summed E-state index contributed by atoms with van der Waals surface area (Å²) in [7, 11) is 0. The van der Waals surface area contributed by atoms with E-state index in [1.807, 2.05) is 72.8 Å². The lowest BCUT2D eigenvalue weighted by atomic mass is 10.1. The van der Waals surface area contributed by atoms with Gasteiger partial charge in [-0.2, -0.15) is 0 Å². The maximum atomic E-state index is 5.69. The molecule has 24 heavy (non-hydrogen) atoms. The van der Waals surface area contributed by atoms with Gasteiger partial charge in [-0.25, -0.2) is 0 Å². The number of hydrogen-bond acceptors (Lipinski definition) is 2. The molecule has 0 fully saturated rings. The predicted octanol–water partition coefficient (Wildman–Crippen LogP) is 3.65. The van der Waals surface area contributed by atoms with Gasteiger partial charge in [-0.1, -0.05) is 35.8 Å². The van der Waals surface area contributed by atoms with Crippen molar-refractivity contribution in [3.8, 4) is 23.7 Å². The van der Waals surface area contributed by atoms with Gasteiger partial charge in [0.2, 0.25) is 0 Å². The van der Waals surface area contributed by atoms with E-state index in [4.69, 9.17) is 11.5 Å². The second-order valence-electron chi connectivity index (χ2n) is 5.29. The molecule has 0 unspecified atom stereocenters. The topological polar surface area (TPSA) is 52.0 Å². The first-order valence-corrected chi connectivity index (χ1v) is 7.55. The van der Waals surface area contributed by atoms with E-state index in [0.717, 1.165) is 33.6 Å². The zero-order chi connectivity index (χ0) is 16.8. The Morgan fingerprint density at radius 3 is 1.21 bits per heavy atom. The van der Waals surface area contributed by atoms with E-state index in [0.29, 0.717) is 0 Å². The number of nitrogen functional groups attached to an aromatic ring is 2. The number of rotatable bonds is 0. The largest absolute Gasteiger partial charge is 0.399 e. The Bertz CT molecular complexity index is 878. The maximum Gasteiger partial charge on any atom is 0.0405 e. The Morgan fingerprint density at radius 2 is 0.833 bits per heavy atom. The molecule has 0 aliphatic rings. The first-order valence-electron chi connectivity index (χ1n) is 7.55. The fourth-order valence-electron chi connectivity index (χ4n) is 2.11. The zero-order valence-corrected chi connectivity index (χ0v) is 13.1. The van der Waals surface area contributed by atoms with Gasteiger partial charge in [-0.05, 0) is 60.7 Å². The Balaban J connectivity index is 1.89. The molecule has 0 spiro atoms. The standard InChI is InChI=1S/C22H16N2/c23-21-13-7-17(8-14-21)5-11-19-3-1-2-4-20(19)12-6-18-9-15-22(24)16-10-18/h1-4,7-10,13-16H,23-24H2. The first-order chi connectivity index (χ1) is 11.7. The van der Waals surface area contributed by atoms with Crippen LogP contribution in [0.25, 0.3) is 0 Å². The van der Waals surface area contributed by atoms with E-state index in [9.17, 15) is 0 Å². The van der Waals surface area contributed by atoms with Crippen LogP contribution < -0.4 is 11.5 Å². The van der Waals surface area contributed by atoms with E-state index in [2.05, 4.69) is 23.7 Å². The molecule has 2 nitrogen and oxygen atoms in total. The van der Waals surface area contributed by atoms with E-state index in [-0.39, 0.29) is 0 Å². The van der Waals surface area contributed by atoms with Crippen LogP contribution in [-0.2, 0) is 0 Å². The van der Waals surface area contributed by atoms with Crippen LogP contribution in [0, 0.1) is 23.7 Å². The van der Waals surface area contributed by atoms with Crippen molar-refractivity contribution in [3.63, 3.8) is 0 Å². The Kier molecular flexibility index (Phi) is 4.52. The molecular weight excluding hydrogens is 292 g/mol. The number of anilines is 2. The average Bonchev–Trinajstić information content (AvgIpc) is 2.61. The van der Waals surface area contributed by atoms with Gasteiger partial charge in [0.15, 0.2) is 0 Å². The zero-order valence-electron chi connectivity index (χ0n) is 13.1. The fraction of sp³-hybridized carbons (Fsp3) is 0. The maximum absolute atomic E-state index is 5.69. The molecule has 0 heterocycles. The molecule has 0 bridgehead atoms. The van der Waals surface area contributed by atoms with Crippen molar-refractivity contribution in [1.82, 2.24) is 0 Å². The van der Waals surface area contributed by atoms with Gasteiger partial charge in [0.25, 0.3) is 0 Å². The van der Waals surface area contributed by atoms with Crippen molar-refractivity contribution < 1.29 is 0 Å². The predicted molar refractivity (Wildman–Crippen MR) is 100 cm³/mol. The fourth-order valence-corrected chi connectivity index (χ4v) is 2.11. The van der Waals surface area contributed by atoms with E-state index in [1.165, 1.54) is 0 Å². The third-order valence-corrected chi connectivity index (χ3v) is 3.43. The van der Waals surface area contributed by atoms with Gasteiger partial charge in [0, 0.05) is 33.6 Å². The number of benzene rings is 3. The Labute approximate surface area is 142 Å². The molecular formula is C22H16N2. The SMILES string of the molecule is Nc1ccc(C#Cc2ccccc2C#Cc2ccc(N)cc2)cc1. The molecule has 0 aromatic heterocycles. The lowest BCUT2D eigenvalue weighted by molar-refractivity contribution is 1.57. The third-order valence-electron chi connectivity index (χ3n) is 3.43. The minimum absolute atomic E-state index is 0.732. The summed E-state index contributed by atoms with van der Waals surface area (Å²) in [6, 6.07) is 22.9. The van der Waals surface area contributed by atoms with Gasteiger partial charge in [-0.15, -0.1) is 0 Å². The van der Waals surface area contributed by atoms with Crippen LogP contribution in [-0.4, -0.2) is 0 Å². The van der Waals surface area contributed by atoms with Crippen molar-refractivity contribution >= 4 is 11.4 Å². The lowest BCUT2D eigenvalue weighted by Crippen LogP contribution is -1.85. The van der Waals surface area contributed by atoms with Crippen LogP contribution >= 0.6 is 0 Å². The van der Waals surface area contributed by atoms with Gasteiger partial charge >= 0.3 is 0 Å². The molecule has 0 saturated heterocycles. The lowest BCUT2D eigenvalue weighted by Gasteiger charge is -1.96. The molecule has 0 aliphatic heterocycles. The molecule has 0 amide bonds. The van der Waals surface area contributed by atoms with Crippen LogP contribution in [0.1, 0.15) is 22.3 Å². The van der Waals surface area contributed by atoms with Crippen molar-refractivity contribution in [2.24, 2.45) is 0 Å². The highest BCUT2D eigenvalue weighted by atomic mass is 14.5. The minimum Gasteiger partial charge on any atom is -0.399 e. The van der Waals surface area contributed by atoms with Crippen molar-refractivity contribution in [1.29, 1.82) is 0 Å².